The van der Waals surface area contributed by atoms with Crippen molar-refractivity contribution >= 4 is 17.5 Å². The molecule has 0 bridgehead atoms. The van der Waals surface area contributed by atoms with Gasteiger partial charge in [0.25, 0.3) is 0 Å². The van der Waals surface area contributed by atoms with E-state index in [1.165, 1.54) is 12.3 Å². The second-order valence-electron chi connectivity index (χ2n) is 4.65. The van der Waals surface area contributed by atoms with Gasteiger partial charge in [-0.15, -0.1) is 5.10 Å². The van der Waals surface area contributed by atoms with E-state index in [0.717, 1.165) is 18.7 Å². The molecular weight excluding hydrogens is 278 g/mol. The van der Waals surface area contributed by atoms with E-state index in [1.54, 1.807) is 0 Å². The summed E-state index contributed by atoms with van der Waals surface area (Å²) in [5.74, 6) is -1.06. The highest BCUT2D eigenvalue weighted by Crippen LogP contribution is 2.17. The van der Waals surface area contributed by atoms with Crippen LogP contribution in [0.15, 0.2) is 24.4 Å². The molecule has 0 atom stereocenters. The molecule has 2 aromatic rings. The first-order valence-electron chi connectivity index (χ1n) is 6.35. The molecule has 2 rings (SSSR count). The number of benzene rings is 1. The molecule has 21 heavy (non-hydrogen) atoms. The summed E-state index contributed by atoms with van der Waals surface area (Å²) in [5, 5.41) is 13.5. The minimum atomic E-state index is -0.925. The standard InChI is InChI=1S/C13H16F2N6/c1-21(2)6-5-16-13-19-12(8-17-20-13)18-9-3-4-10(14)11(15)7-9/h3-4,7-8H,5-6H2,1-2H3,(H2,16,18,19,20). The number of anilines is 3. The van der Waals surface area contributed by atoms with Gasteiger partial charge in [0, 0.05) is 24.8 Å². The summed E-state index contributed by atoms with van der Waals surface area (Å²) in [4.78, 5) is 6.20. The summed E-state index contributed by atoms with van der Waals surface area (Å²) < 4.78 is 26.0. The molecular formula is C13H16F2N6. The Morgan fingerprint density at radius 1 is 1.19 bits per heavy atom. The lowest BCUT2D eigenvalue weighted by Gasteiger charge is -2.10. The number of halogens is 2. The Morgan fingerprint density at radius 2 is 2.00 bits per heavy atom. The van der Waals surface area contributed by atoms with Gasteiger partial charge in [0.2, 0.25) is 5.95 Å². The van der Waals surface area contributed by atoms with Crippen LogP contribution < -0.4 is 10.6 Å². The normalized spacial score (nSPS) is 10.7. The molecule has 112 valence electrons. The van der Waals surface area contributed by atoms with E-state index in [2.05, 4.69) is 25.8 Å². The number of hydrogen-bond donors (Lipinski definition) is 2. The highest BCUT2D eigenvalue weighted by molar-refractivity contribution is 5.56. The Kier molecular flexibility index (Phi) is 4.94. The maximum atomic E-state index is 13.1. The molecule has 0 aliphatic rings. The van der Waals surface area contributed by atoms with E-state index in [4.69, 9.17) is 0 Å². The second-order valence-corrected chi connectivity index (χ2v) is 4.65. The smallest absolute Gasteiger partial charge is 0.244 e. The second kappa shape index (κ2) is 6.89. The number of aromatic nitrogens is 3. The Balaban J connectivity index is 2.01. The fourth-order valence-electron chi connectivity index (χ4n) is 1.55. The first-order valence-corrected chi connectivity index (χ1v) is 6.35. The summed E-state index contributed by atoms with van der Waals surface area (Å²) in [6.07, 6.45) is 1.40. The van der Waals surface area contributed by atoms with E-state index in [-0.39, 0.29) is 0 Å². The summed E-state index contributed by atoms with van der Waals surface area (Å²) in [7, 11) is 3.92. The van der Waals surface area contributed by atoms with E-state index >= 15 is 0 Å². The van der Waals surface area contributed by atoms with Crippen molar-refractivity contribution in [3.8, 4) is 0 Å². The molecule has 0 fully saturated rings. The number of nitrogens with one attached hydrogen (secondary N) is 2. The maximum absolute atomic E-state index is 13.1. The topological polar surface area (TPSA) is 66.0 Å². The molecule has 0 aliphatic carbocycles. The monoisotopic (exact) mass is 294 g/mol. The number of rotatable bonds is 6. The summed E-state index contributed by atoms with van der Waals surface area (Å²) in [5.41, 5.74) is 0.383. The maximum Gasteiger partial charge on any atom is 0.244 e. The van der Waals surface area contributed by atoms with Crippen LogP contribution in [0.4, 0.5) is 26.2 Å². The van der Waals surface area contributed by atoms with Gasteiger partial charge in [-0.25, -0.2) is 8.78 Å². The molecule has 8 heteroatoms. The van der Waals surface area contributed by atoms with Gasteiger partial charge < -0.3 is 15.5 Å². The van der Waals surface area contributed by atoms with Crippen molar-refractivity contribution in [3.63, 3.8) is 0 Å². The predicted octanol–water partition coefficient (Wildman–Crippen LogP) is 1.87. The molecule has 0 amide bonds. The third-order valence-electron chi connectivity index (χ3n) is 2.59. The average Bonchev–Trinajstić information content (AvgIpc) is 2.43. The fourth-order valence-corrected chi connectivity index (χ4v) is 1.55. The first kappa shape index (κ1) is 15.0. The fraction of sp³-hybridized carbons (Fsp3) is 0.308. The molecule has 0 aliphatic heterocycles. The van der Waals surface area contributed by atoms with Gasteiger partial charge in [0.05, 0.1) is 6.20 Å². The minimum absolute atomic E-state index is 0.365. The predicted molar refractivity (Wildman–Crippen MR) is 76.5 cm³/mol. The molecule has 0 spiro atoms. The number of nitrogens with zero attached hydrogens (tertiary/aromatic N) is 4. The van der Waals surface area contributed by atoms with Gasteiger partial charge >= 0.3 is 0 Å². The van der Waals surface area contributed by atoms with Crippen molar-refractivity contribution in [1.82, 2.24) is 20.1 Å². The van der Waals surface area contributed by atoms with Gasteiger partial charge in [-0.1, -0.05) is 0 Å². The SMILES string of the molecule is CN(C)CCNc1nncc(Nc2ccc(F)c(F)c2)n1. The number of likely N-dealkylation sites (N-methyl/N-ethyl adjacent to an activating group) is 1. The van der Waals surface area contributed by atoms with Crippen LogP contribution in [0.5, 0.6) is 0 Å². The Morgan fingerprint density at radius 3 is 2.71 bits per heavy atom. The third kappa shape index (κ3) is 4.60. The molecule has 0 saturated carbocycles. The molecule has 0 unspecified atom stereocenters. The highest BCUT2D eigenvalue weighted by Gasteiger charge is 2.05. The van der Waals surface area contributed by atoms with Crippen molar-refractivity contribution < 1.29 is 8.78 Å². The van der Waals surface area contributed by atoms with Crippen LogP contribution in [-0.2, 0) is 0 Å². The summed E-state index contributed by atoms with van der Waals surface area (Å²) in [6.45, 7) is 1.49. The highest BCUT2D eigenvalue weighted by atomic mass is 19.2. The third-order valence-corrected chi connectivity index (χ3v) is 2.59. The zero-order valence-corrected chi connectivity index (χ0v) is 11.8. The Bertz CT molecular complexity index is 605. The molecule has 0 radical (unpaired) electrons. The lowest BCUT2D eigenvalue weighted by Crippen LogP contribution is -2.21. The van der Waals surface area contributed by atoms with Crippen LogP contribution in [0.3, 0.4) is 0 Å². The van der Waals surface area contributed by atoms with Crippen molar-refractivity contribution in [1.29, 1.82) is 0 Å². The Hall–Kier alpha value is -2.35. The lowest BCUT2D eigenvalue weighted by molar-refractivity contribution is 0.425. The molecule has 1 aromatic heterocycles. The average molecular weight is 294 g/mol. The van der Waals surface area contributed by atoms with Gasteiger partial charge in [0.15, 0.2) is 17.5 Å². The van der Waals surface area contributed by atoms with Crippen LogP contribution in [0.2, 0.25) is 0 Å². The van der Waals surface area contributed by atoms with E-state index in [9.17, 15) is 8.78 Å². The summed E-state index contributed by atoms with van der Waals surface area (Å²) in [6, 6.07) is 3.51. The zero-order chi connectivity index (χ0) is 15.2. The van der Waals surface area contributed by atoms with Gasteiger partial charge in [-0.3, -0.25) is 0 Å². The van der Waals surface area contributed by atoms with Gasteiger partial charge in [-0.05, 0) is 26.2 Å². The van der Waals surface area contributed by atoms with Crippen molar-refractivity contribution in [2.75, 3.05) is 37.8 Å². The van der Waals surface area contributed by atoms with Crippen LogP contribution in [0, 0.1) is 11.6 Å². The molecule has 0 saturated heterocycles. The molecule has 1 heterocycles. The molecule has 6 nitrogen and oxygen atoms in total. The largest absolute Gasteiger partial charge is 0.352 e. The van der Waals surface area contributed by atoms with Crippen LogP contribution in [0.1, 0.15) is 0 Å². The number of hydrogen-bond acceptors (Lipinski definition) is 6. The van der Waals surface area contributed by atoms with Crippen LogP contribution >= 0.6 is 0 Å². The van der Waals surface area contributed by atoms with Crippen LogP contribution in [-0.4, -0.2) is 47.3 Å². The van der Waals surface area contributed by atoms with Crippen molar-refractivity contribution in [2.45, 2.75) is 0 Å². The van der Waals surface area contributed by atoms with Gasteiger partial charge in [0.1, 0.15) is 0 Å². The summed E-state index contributed by atoms with van der Waals surface area (Å²) >= 11 is 0. The van der Waals surface area contributed by atoms with Crippen molar-refractivity contribution in [2.24, 2.45) is 0 Å². The van der Waals surface area contributed by atoms with E-state index in [1.807, 2.05) is 19.0 Å². The zero-order valence-electron chi connectivity index (χ0n) is 11.8. The Labute approximate surface area is 121 Å². The minimum Gasteiger partial charge on any atom is -0.352 e. The van der Waals surface area contributed by atoms with Gasteiger partial charge in [-0.2, -0.15) is 10.1 Å². The quantitative estimate of drug-likeness (QED) is 0.848. The van der Waals surface area contributed by atoms with E-state index in [0.29, 0.717) is 24.0 Å². The molecule has 1 aromatic carbocycles. The van der Waals surface area contributed by atoms with Crippen LogP contribution in [0.25, 0.3) is 0 Å². The lowest BCUT2D eigenvalue weighted by atomic mass is 10.3. The first-order chi connectivity index (χ1) is 10.0. The van der Waals surface area contributed by atoms with Crippen molar-refractivity contribution in [3.05, 3.63) is 36.0 Å². The molecule has 2 N–H and O–H groups in total. The van der Waals surface area contributed by atoms with E-state index < -0.39 is 11.6 Å².